The normalized spacial score (nSPS) is 13.6. The van der Waals surface area contributed by atoms with Gasteiger partial charge in [0.15, 0.2) is 0 Å². The molecule has 0 bridgehead atoms. The highest BCUT2D eigenvalue weighted by molar-refractivity contribution is 5.94. The van der Waals surface area contributed by atoms with Gasteiger partial charge in [0.1, 0.15) is 18.1 Å². The lowest BCUT2D eigenvalue weighted by Gasteiger charge is -2.25. The standard InChI is InChI=1S/C28H36N6O7/c29-19(11-13-23(30)35)25(37)32-20(12-14-24(31)36)26(38)33-21(15-17-7-3-1-4-8-17)27(39)34-22(28(40)41)16-18-9-5-2-6-10-18/h1-10,19-22H,11-16,29H2,(H2,30,35)(H2,31,36)(H,32,37)(H,33,38)(H,34,39)(H,40,41). The van der Waals surface area contributed by atoms with Crippen LogP contribution in [0.2, 0.25) is 0 Å². The number of aliphatic carboxylic acids is 1. The van der Waals surface area contributed by atoms with Crippen molar-refractivity contribution in [1.29, 1.82) is 0 Å². The molecule has 0 heterocycles. The number of nitrogens with two attached hydrogens (primary N) is 3. The lowest BCUT2D eigenvalue weighted by atomic mass is 10.0. The highest BCUT2D eigenvalue weighted by Gasteiger charge is 2.31. The van der Waals surface area contributed by atoms with E-state index in [0.717, 1.165) is 0 Å². The van der Waals surface area contributed by atoms with Gasteiger partial charge in [-0.15, -0.1) is 0 Å². The minimum absolute atomic E-state index is 0.00466. The molecule has 2 aromatic carbocycles. The predicted molar refractivity (Wildman–Crippen MR) is 149 cm³/mol. The Hall–Kier alpha value is -4.78. The van der Waals surface area contributed by atoms with Gasteiger partial charge in [-0.05, 0) is 24.0 Å². The third kappa shape index (κ3) is 11.9. The summed E-state index contributed by atoms with van der Waals surface area (Å²) in [7, 11) is 0. The number of hydrogen-bond acceptors (Lipinski definition) is 7. The highest BCUT2D eigenvalue weighted by atomic mass is 16.4. The van der Waals surface area contributed by atoms with E-state index in [4.69, 9.17) is 17.2 Å². The average Bonchev–Trinajstić information content (AvgIpc) is 2.93. The van der Waals surface area contributed by atoms with Crippen molar-refractivity contribution in [2.75, 3.05) is 0 Å². The molecule has 0 aliphatic carbocycles. The molecule has 0 radical (unpaired) electrons. The van der Waals surface area contributed by atoms with E-state index >= 15 is 0 Å². The molecule has 13 nitrogen and oxygen atoms in total. The molecule has 0 aromatic heterocycles. The summed E-state index contributed by atoms with van der Waals surface area (Å²) < 4.78 is 0. The number of carboxylic acids is 1. The molecule has 0 aliphatic rings. The van der Waals surface area contributed by atoms with Crippen molar-refractivity contribution < 1.29 is 33.9 Å². The fourth-order valence-electron chi connectivity index (χ4n) is 3.92. The van der Waals surface area contributed by atoms with Crippen molar-refractivity contribution in [2.24, 2.45) is 17.2 Å². The third-order valence-electron chi connectivity index (χ3n) is 6.16. The number of amides is 5. The van der Waals surface area contributed by atoms with Gasteiger partial charge in [-0.3, -0.25) is 24.0 Å². The second-order valence-corrected chi connectivity index (χ2v) is 9.52. The molecule has 2 aromatic rings. The van der Waals surface area contributed by atoms with Gasteiger partial charge in [0, 0.05) is 25.7 Å². The lowest BCUT2D eigenvalue weighted by molar-refractivity contribution is -0.142. The van der Waals surface area contributed by atoms with Crippen molar-refractivity contribution in [1.82, 2.24) is 16.0 Å². The number of carboxylic acid groups (broad SMARTS) is 1. The number of primary amides is 2. The summed E-state index contributed by atoms with van der Waals surface area (Å²) in [6, 6.07) is 12.5. The van der Waals surface area contributed by atoms with Crippen LogP contribution in [0.15, 0.2) is 60.7 Å². The fraction of sp³-hybridized carbons (Fsp3) is 0.357. The summed E-state index contributed by atoms with van der Waals surface area (Å²) in [4.78, 5) is 73.6. The van der Waals surface area contributed by atoms with Crippen molar-refractivity contribution in [2.45, 2.75) is 62.7 Å². The number of rotatable bonds is 17. The number of nitrogens with one attached hydrogen (secondary N) is 3. The predicted octanol–water partition coefficient (Wildman–Crippen LogP) is -1.13. The van der Waals surface area contributed by atoms with Gasteiger partial charge in [0.25, 0.3) is 0 Å². The van der Waals surface area contributed by atoms with Crippen molar-refractivity contribution in [3.63, 3.8) is 0 Å². The number of hydrogen-bond donors (Lipinski definition) is 7. The number of benzene rings is 2. The summed E-state index contributed by atoms with van der Waals surface area (Å²) in [5.74, 6) is -4.98. The average molecular weight is 569 g/mol. The molecule has 5 amide bonds. The van der Waals surface area contributed by atoms with Crippen LogP contribution in [0.25, 0.3) is 0 Å². The Kier molecular flexibility index (Phi) is 12.9. The van der Waals surface area contributed by atoms with Gasteiger partial charge in [0.2, 0.25) is 29.5 Å². The first kappa shape index (κ1) is 32.4. The van der Waals surface area contributed by atoms with Crippen LogP contribution < -0.4 is 33.2 Å². The molecule has 4 unspecified atom stereocenters. The van der Waals surface area contributed by atoms with Gasteiger partial charge in [0.05, 0.1) is 6.04 Å². The Labute approximate surface area is 237 Å². The minimum atomic E-state index is -1.31. The summed E-state index contributed by atoms with van der Waals surface area (Å²) in [5.41, 5.74) is 17.5. The molecule has 0 saturated heterocycles. The van der Waals surface area contributed by atoms with Crippen LogP contribution in [0.1, 0.15) is 36.8 Å². The highest BCUT2D eigenvalue weighted by Crippen LogP contribution is 2.08. The van der Waals surface area contributed by atoms with Crippen molar-refractivity contribution in [3.05, 3.63) is 71.8 Å². The van der Waals surface area contributed by atoms with Gasteiger partial charge in [-0.2, -0.15) is 0 Å². The Balaban J connectivity index is 2.24. The number of carbonyl (C=O) groups excluding carboxylic acids is 5. The second kappa shape index (κ2) is 16.4. The molecule has 0 spiro atoms. The lowest BCUT2D eigenvalue weighted by Crippen LogP contribution is -2.58. The van der Waals surface area contributed by atoms with E-state index in [0.29, 0.717) is 11.1 Å². The minimum Gasteiger partial charge on any atom is -0.480 e. The maximum absolute atomic E-state index is 13.3. The third-order valence-corrected chi connectivity index (χ3v) is 6.16. The summed E-state index contributed by atoms with van der Waals surface area (Å²) in [6.45, 7) is 0. The molecule has 4 atom stereocenters. The van der Waals surface area contributed by atoms with E-state index in [-0.39, 0.29) is 38.5 Å². The molecule has 220 valence electrons. The Morgan fingerprint density at radius 1 is 0.610 bits per heavy atom. The SMILES string of the molecule is NC(=O)CCC(N)C(=O)NC(CCC(N)=O)C(=O)NC(Cc1ccccc1)C(=O)NC(Cc1ccccc1)C(=O)O. The second-order valence-electron chi connectivity index (χ2n) is 9.52. The van der Waals surface area contributed by atoms with E-state index in [2.05, 4.69) is 16.0 Å². The quantitative estimate of drug-likeness (QED) is 0.123. The van der Waals surface area contributed by atoms with Gasteiger partial charge in [-0.1, -0.05) is 60.7 Å². The molecule has 0 fully saturated rings. The molecular formula is C28H36N6O7. The first-order valence-corrected chi connectivity index (χ1v) is 13.0. The van der Waals surface area contributed by atoms with Crippen LogP contribution in [0.5, 0.6) is 0 Å². The van der Waals surface area contributed by atoms with Crippen LogP contribution in [-0.4, -0.2) is 64.8 Å². The van der Waals surface area contributed by atoms with E-state index in [1.54, 1.807) is 60.7 Å². The van der Waals surface area contributed by atoms with Gasteiger partial charge >= 0.3 is 5.97 Å². The summed E-state index contributed by atoms with van der Waals surface area (Å²) >= 11 is 0. The Morgan fingerprint density at radius 3 is 1.51 bits per heavy atom. The Morgan fingerprint density at radius 2 is 1.02 bits per heavy atom. The van der Waals surface area contributed by atoms with Gasteiger partial charge in [-0.25, -0.2) is 4.79 Å². The van der Waals surface area contributed by atoms with Crippen LogP contribution in [-0.2, 0) is 41.6 Å². The van der Waals surface area contributed by atoms with Crippen LogP contribution in [0, 0.1) is 0 Å². The topological polar surface area (TPSA) is 237 Å². The van der Waals surface area contributed by atoms with E-state index in [1.807, 2.05) is 0 Å². The van der Waals surface area contributed by atoms with Crippen LogP contribution in [0.3, 0.4) is 0 Å². The fourth-order valence-corrected chi connectivity index (χ4v) is 3.92. The molecule has 2 rings (SSSR count). The molecule has 41 heavy (non-hydrogen) atoms. The summed E-state index contributed by atoms with van der Waals surface area (Å²) in [5, 5.41) is 17.2. The zero-order valence-electron chi connectivity index (χ0n) is 22.5. The van der Waals surface area contributed by atoms with Crippen molar-refractivity contribution in [3.8, 4) is 0 Å². The first-order chi connectivity index (χ1) is 19.5. The van der Waals surface area contributed by atoms with E-state index < -0.39 is 59.7 Å². The first-order valence-electron chi connectivity index (χ1n) is 13.0. The molecule has 10 N–H and O–H groups in total. The van der Waals surface area contributed by atoms with E-state index in [9.17, 15) is 33.9 Å². The molecule has 0 aliphatic heterocycles. The summed E-state index contributed by atoms with van der Waals surface area (Å²) in [6.07, 6.45) is -0.662. The maximum atomic E-state index is 13.3. The monoisotopic (exact) mass is 568 g/mol. The van der Waals surface area contributed by atoms with Crippen LogP contribution in [0.4, 0.5) is 0 Å². The molecule has 0 saturated carbocycles. The molecular weight excluding hydrogens is 532 g/mol. The van der Waals surface area contributed by atoms with E-state index in [1.165, 1.54) is 0 Å². The zero-order valence-corrected chi connectivity index (χ0v) is 22.5. The zero-order chi connectivity index (χ0) is 30.4. The van der Waals surface area contributed by atoms with Crippen molar-refractivity contribution >= 4 is 35.5 Å². The Bertz CT molecular complexity index is 1210. The number of carbonyl (C=O) groups is 6. The molecule has 13 heteroatoms. The smallest absolute Gasteiger partial charge is 0.326 e. The largest absolute Gasteiger partial charge is 0.480 e. The van der Waals surface area contributed by atoms with Crippen LogP contribution >= 0.6 is 0 Å². The maximum Gasteiger partial charge on any atom is 0.326 e. The van der Waals surface area contributed by atoms with Gasteiger partial charge < -0.3 is 38.3 Å².